The van der Waals surface area contributed by atoms with Crippen LogP contribution in [-0.4, -0.2) is 10.9 Å². The molecule has 0 radical (unpaired) electrons. The molecule has 0 bridgehead atoms. The molecule has 0 N–H and O–H groups in total. The number of allylic oxidation sites excluding steroid dienone is 1. The summed E-state index contributed by atoms with van der Waals surface area (Å²) in [6.45, 7) is 0. The van der Waals surface area contributed by atoms with E-state index in [0.717, 1.165) is 11.1 Å². The van der Waals surface area contributed by atoms with Gasteiger partial charge in [0.1, 0.15) is 0 Å². The third-order valence-electron chi connectivity index (χ3n) is 3.11. The molecule has 2 aromatic rings. The number of aliphatic imine (C=N–C) groups is 1. The quantitative estimate of drug-likeness (QED) is 0.608. The summed E-state index contributed by atoms with van der Waals surface area (Å²) < 4.78 is 0. The number of carbonyl (C=O) groups excluding carboxylic acids is 1. The molecule has 0 atom stereocenters. The van der Waals surface area contributed by atoms with E-state index in [0.29, 0.717) is 16.8 Å². The predicted octanol–water partition coefficient (Wildman–Crippen LogP) is 3.85. The molecule has 0 saturated heterocycles. The number of benzene rings is 2. The average molecular weight is 263 g/mol. The van der Waals surface area contributed by atoms with Crippen molar-refractivity contribution in [3.8, 4) is 0 Å². The average Bonchev–Trinajstić information content (AvgIpc) is 2.74. The highest BCUT2D eigenvalue weighted by Gasteiger charge is 2.29. The van der Waals surface area contributed by atoms with Gasteiger partial charge in [0, 0.05) is 11.1 Å². The number of thiocarbonyl (C=S) groups is 1. The Morgan fingerprint density at radius 3 is 2.21 bits per heavy atom. The Balaban J connectivity index is 2.30. The Morgan fingerprint density at radius 2 is 1.53 bits per heavy atom. The standard InChI is InChI=1S/C16H9NOS/c18-16-13-9-5-4-8-12(13)15(17-10-19)14(16)11-6-2-1-3-7-11/h1-9H. The van der Waals surface area contributed by atoms with E-state index in [1.165, 1.54) is 0 Å². The minimum atomic E-state index is -0.00852. The molecule has 3 rings (SSSR count). The van der Waals surface area contributed by atoms with Gasteiger partial charge in [0.2, 0.25) is 0 Å². The van der Waals surface area contributed by atoms with E-state index in [9.17, 15) is 4.79 Å². The Kier molecular flexibility index (Phi) is 2.92. The molecule has 1 aliphatic carbocycles. The van der Waals surface area contributed by atoms with Crippen LogP contribution in [0.1, 0.15) is 21.5 Å². The van der Waals surface area contributed by atoms with Crippen LogP contribution in [0, 0.1) is 0 Å². The highest BCUT2D eigenvalue weighted by Crippen LogP contribution is 2.38. The smallest absolute Gasteiger partial charge is 0.196 e. The number of rotatable bonds is 2. The third-order valence-corrected chi connectivity index (χ3v) is 3.20. The van der Waals surface area contributed by atoms with Crippen molar-refractivity contribution >= 4 is 34.4 Å². The first-order valence-electron chi connectivity index (χ1n) is 5.84. The maximum atomic E-state index is 12.5. The van der Waals surface area contributed by atoms with E-state index in [1.54, 1.807) is 0 Å². The van der Waals surface area contributed by atoms with Crippen LogP contribution < -0.4 is 0 Å². The fraction of sp³-hybridized carbons (Fsp3) is 0. The molecule has 2 nitrogen and oxygen atoms in total. The van der Waals surface area contributed by atoms with Gasteiger partial charge in [-0.25, -0.2) is 0 Å². The first kappa shape index (κ1) is 11.7. The molecule has 0 aliphatic heterocycles. The number of hydrogen-bond acceptors (Lipinski definition) is 3. The Hall–Kier alpha value is -2.35. The topological polar surface area (TPSA) is 29.4 Å². The van der Waals surface area contributed by atoms with Crippen molar-refractivity contribution in [2.75, 3.05) is 0 Å². The number of ketones is 1. The molecular formula is C16H9NOS. The van der Waals surface area contributed by atoms with Crippen LogP contribution in [0.4, 0.5) is 0 Å². The summed E-state index contributed by atoms with van der Waals surface area (Å²) in [4.78, 5) is 16.6. The van der Waals surface area contributed by atoms with E-state index in [1.807, 2.05) is 54.6 Å². The maximum absolute atomic E-state index is 12.5. The molecule has 0 amide bonds. The Morgan fingerprint density at radius 1 is 0.895 bits per heavy atom. The Labute approximate surface area is 116 Å². The molecular weight excluding hydrogens is 254 g/mol. The maximum Gasteiger partial charge on any atom is 0.196 e. The molecule has 0 heterocycles. The first-order valence-corrected chi connectivity index (χ1v) is 6.25. The predicted molar refractivity (Wildman–Crippen MR) is 79.1 cm³/mol. The molecule has 19 heavy (non-hydrogen) atoms. The summed E-state index contributed by atoms with van der Waals surface area (Å²) in [6.07, 6.45) is 0. The van der Waals surface area contributed by atoms with Gasteiger partial charge in [0.15, 0.2) is 5.78 Å². The highest BCUT2D eigenvalue weighted by molar-refractivity contribution is 7.78. The summed E-state index contributed by atoms with van der Waals surface area (Å²) >= 11 is 4.70. The van der Waals surface area contributed by atoms with Crippen LogP contribution in [0.5, 0.6) is 0 Å². The minimum Gasteiger partial charge on any atom is -0.288 e. The molecule has 0 saturated carbocycles. The SMILES string of the molecule is O=C1C(c2ccccc2)=C(N=C=S)c2ccccc21. The number of carbonyl (C=O) groups is 1. The second-order valence-corrected chi connectivity index (χ2v) is 4.35. The van der Waals surface area contributed by atoms with Crippen molar-refractivity contribution in [2.24, 2.45) is 4.99 Å². The monoisotopic (exact) mass is 263 g/mol. The molecule has 0 fully saturated rings. The fourth-order valence-electron chi connectivity index (χ4n) is 2.30. The van der Waals surface area contributed by atoms with E-state index in [2.05, 4.69) is 10.2 Å². The molecule has 2 aromatic carbocycles. The van der Waals surface area contributed by atoms with Gasteiger partial charge in [-0.05, 0) is 17.8 Å². The van der Waals surface area contributed by atoms with Gasteiger partial charge in [0.05, 0.1) is 16.4 Å². The van der Waals surface area contributed by atoms with Gasteiger partial charge in [-0.3, -0.25) is 4.79 Å². The van der Waals surface area contributed by atoms with Crippen molar-refractivity contribution in [1.82, 2.24) is 0 Å². The van der Waals surface area contributed by atoms with Crippen molar-refractivity contribution in [1.29, 1.82) is 0 Å². The molecule has 3 heteroatoms. The highest BCUT2D eigenvalue weighted by atomic mass is 32.1. The first-order chi connectivity index (χ1) is 9.33. The summed E-state index contributed by atoms with van der Waals surface area (Å²) in [5.74, 6) is -0.00852. The second kappa shape index (κ2) is 4.73. The molecule has 0 aromatic heterocycles. The summed E-state index contributed by atoms with van der Waals surface area (Å²) in [5, 5.41) is 2.37. The molecule has 90 valence electrons. The lowest BCUT2D eigenvalue weighted by Gasteiger charge is -2.01. The largest absolute Gasteiger partial charge is 0.288 e. The van der Waals surface area contributed by atoms with Crippen LogP contribution in [0.2, 0.25) is 0 Å². The number of fused-ring (bicyclic) bond motifs is 1. The zero-order valence-electron chi connectivity index (χ0n) is 9.96. The molecule has 0 unspecified atom stereocenters. The van der Waals surface area contributed by atoms with Gasteiger partial charge < -0.3 is 0 Å². The number of nitrogens with zero attached hydrogens (tertiary/aromatic N) is 1. The zero-order chi connectivity index (χ0) is 13.2. The van der Waals surface area contributed by atoms with Crippen LogP contribution in [0.25, 0.3) is 11.3 Å². The normalized spacial score (nSPS) is 13.2. The Bertz CT molecular complexity index is 740. The van der Waals surface area contributed by atoms with Gasteiger partial charge in [-0.15, -0.1) is 0 Å². The molecule has 0 spiro atoms. The lowest BCUT2D eigenvalue weighted by atomic mass is 10.0. The number of Topliss-reactive ketones (excluding diaryl/α,β-unsaturated/α-hetero) is 1. The lowest BCUT2D eigenvalue weighted by molar-refractivity contribution is 0.105. The van der Waals surface area contributed by atoms with Crippen molar-refractivity contribution in [2.45, 2.75) is 0 Å². The van der Waals surface area contributed by atoms with Crippen molar-refractivity contribution in [3.63, 3.8) is 0 Å². The van der Waals surface area contributed by atoms with Crippen LogP contribution >= 0.6 is 12.2 Å². The van der Waals surface area contributed by atoms with Gasteiger partial charge in [0.25, 0.3) is 0 Å². The van der Waals surface area contributed by atoms with Crippen LogP contribution in [-0.2, 0) is 0 Å². The van der Waals surface area contributed by atoms with Gasteiger partial charge in [-0.1, -0.05) is 54.6 Å². The number of isothiocyanates is 1. The van der Waals surface area contributed by atoms with Crippen LogP contribution in [0.15, 0.2) is 59.6 Å². The van der Waals surface area contributed by atoms with Crippen molar-refractivity contribution in [3.05, 3.63) is 71.3 Å². The second-order valence-electron chi connectivity index (χ2n) is 4.17. The van der Waals surface area contributed by atoms with Crippen molar-refractivity contribution < 1.29 is 4.79 Å². The lowest BCUT2D eigenvalue weighted by Crippen LogP contribution is -1.97. The van der Waals surface area contributed by atoms with E-state index in [4.69, 9.17) is 12.2 Å². The van der Waals surface area contributed by atoms with Crippen LogP contribution in [0.3, 0.4) is 0 Å². The third kappa shape index (κ3) is 1.85. The van der Waals surface area contributed by atoms with Gasteiger partial charge in [-0.2, -0.15) is 4.99 Å². The summed E-state index contributed by atoms with van der Waals surface area (Å²) in [5.41, 5.74) is 3.56. The fourth-order valence-corrected chi connectivity index (χ4v) is 2.39. The zero-order valence-corrected chi connectivity index (χ0v) is 10.8. The van der Waals surface area contributed by atoms with E-state index in [-0.39, 0.29) is 5.78 Å². The van der Waals surface area contributed by atoms with E-state index >= 15 is 0 Å². The van der Waals surface area contributed by atoms with Gasteiger partial charge >= 0.3 is 0 Å². The molecule has 1 aliphatic rings. The summed E-state index contributed by atoms with van der Waals surface area (Å²) in [6, 6.07) is 17.0. The number of hydrogen-bond donors (Lipinski definition) is 0. The van der Waals surface area contributed by atoms with E-state index < -0.39 is 0 Å². The summed E-state index contributed by atoms with van der Waals surface area (Å²) in [7, 11) is 0. The minimum absolute atomic E-state index is 0.00852.